The van der Waals surface area contributed by atoms with Crippen molar-refractivity contribution in [3.05, 3.63) is 32.8 Å². The molecule has 0 saturated heterocycles. The number of nitro benzene ring substituents is 1. The van der Waals surface area contributed by atoms with E-state index in [0.717, 1.165) is 17.3 Å². The molecule has 5 heteroatoms. The van der Waals surface area contributed by atoms with E-state index in [1.807, 2.05) is 6.07 Å². The molecule has 0 atom stereocenters. The van der Waals surface area contributed by atoms with Crippen molar-refractivity contribution in [2.24, 2.45) is 0 Å². The van der Waals surface area contributed by atoms with Crippen LogP contribution in [0, 0.1) is 10.1 Å². The highest BCUT2D eigenvalue weighted by Crippen LogP contribution is 2.35. The molecule has 4 nitrogen and oxygen atoms in total. The summed E-state index contributed by atoms with van der Waals surface area (Å²) in [5.41, 5.74) is 0.736. The van der Waals surface area contributed by atoms with Crippen LogP contribution < -0.4 is 5.32 Å². The largest absolute Gasteiger partial charge is 0.374 e. The quantitative estimate of drug-likeness (QED) is 0.660. The fourth-order valence-electron chi connectivity index (χ4n) is 2.54. The van der Waals surface area contributed by atoms with E-state index in [0.29, 0.717) is 5.69 Å². The number of hydrogen-bond donors (Lipinski definition) is 1. The Morgan fingerprint density at radius 1 is 1.33 bits per heavy atom. The zero-order chi connectivity index (χ0) is 13.2. The van der Waals surface area contributed by atoms with Gasteiger partial charge in [0.15, 0.2) is 0 Å². The zero-order valence-corrected chi connectivity index (χ0v) is 12.0. The first-order chi connectivity index (χ1) is 8.50. The van der Waals surface area contributed by atoms with Gasteiger partial charge >= 0.3 is 0 Å². The van der Waals surface area contributed by atoms with Gasteiger partial charge in [-0.25, -0.2) is 0 Å². The smallest absolute Gasteiger partial charge is 0.293 e. The van der Waals surface area contributed by atoms with Crippen LogP contribution in [-0.4, -0.2) is 10.5 Å². The van der Waals surface area contributed by atoms with Gasteiger partial charge < -0.3 is 5.32 Å². The predicted molar refractivity (Wildman–Crippen MR) is 75.9 cm³/mol. The van der Waals surface area contributed by atoms with Crippen LogP contribution in [0.2, 0.25) is 0 Å². The van der Waals surface area contributed by atoms with Crippen LogP contribution in [0.5, 0.6) is 0 Å². The lowest BCUT2D eigenvalue weighted by molar-refractivity contribution is -0.384. The topological polar surface area (TPSA) is 55.2 Å². The molecule has 0 radical (unpaired) electrons. The molecule has 1 N–H and O–H groups in total. The van der Waals surface area contributed by atoms with Gasteiger partial charge in [0.1, 0.15) is 5.69 Å². The van der Waals surface area contributed by atoms with E-state index in [2.05, 4.69) is 28.2 Å². The number of nitro groups is 1. The van der Waals surface area contributed by atoms with E-state index in [1.165, 1.54) is 19.3 Å². The molecule has 2 rings (SSSR count). The molecule has 1 fully saturated rings. The van der Waals surface area contributed by atoms with Crippen LogP contribution >= 0.6 is 15.9 Å². The van der Waals surface area contributed by atoms with Crippen LogP contribution in [0.15, 0.2) is 22.7 Å². The average Bonchev–Trinajstić information content (AvgIpc) is 2.32. The summed E-state index contributed by atoms with van der Waals surface area (Å²) in [6.07, 6.45) is 5.78. The van der Waals surface area contributed by atoms with Gasteiger partial charge in [-0.1, -0.05) is 35.2 Å². The highest BCUT2D eigenvalue weighted by molar-refractivity contribution is 9.10. The van der Waals surface area contributed by atoms with Gasteiger partial charge in [-0.2, -0.15) is 0 Å². The van der Waals surface area contributed by atoms with Crippen molar-refractivity contribution in [2.75, 3.05) is 5.32 Å². The third-order valence-corrected chi connectivity index (χ3v) is 4.04. The number of anilines is 1. The number of benzene rings is 1. The van der Waals surface area contributed by atoms with E-state index in [-0.39, 0.29) is 16.1 Å². The summed E-state index contributed by atoms with van der Waals surface area (Å²) in [6, 6.07) is 5.16. The van der Waals surface area contributed by atoms with E-state index >= 15 is 0 Å². The summed E-state index contributed by atoms with van der Waals surface area (Å²) in [4.78, 5) is 10.7. The maximum Gasteiger partial charge on any atom is 0.293 e. The molecule has 0 aromatic heterocycles. The van der Waals surface area contributed by atoms with Crippen LogP contribution in [0.4, 0.5) is 11.4 Å². The second kappa shape index (κ2) is 5.26. The predicted octanol–water partition coefficient (Wildman–Crippen LogP) is 4.49. The van der Waals surface area contributed by atoms with Crippen LogP contribution in [-0.2, 0) is 0 Å². The SMILES string of the molecule is CC1(Nc2ccc(Br)cc2[N+](=O)[O-])CCCCC1. The first-order valence-electron chi connectivity index (χ1n) is 6.22. The van der Waals surface area contributed by atoms with Crippen molar-refractivity contribution in [1.29, 1.82) is 0 Å². The lowest BCUT2D eigenvalue weighted by atomic mass is 9.83. The number of nitrogens with one attached hydrogen (secondary N) is 1. The zero-order valence-electron chi connectivity index (χ0n) is 10.4. The average molecular weight is 313 g/mol. The molecule has 0 heterocycles. The van der Waals surface area contributed by atoms with E-state index < -0.39 is 0 Å². The Kier molecular flexibility index (Phi) is 3.90. The van der Waals surface area contributed by atoms with E-state index in [4.69, 9.17) is 0 Å². The first kappa shape index (κ1) is 13.3. The Hall–Kier alpha value is -1.10. The van der Waals surface area contributed by atoms with Crippen molar-refractivity contribution < 1.29 is 4.92 Å². The third kappa shape index (κ3) is 3.02. The molecule has 1 saturated carbocycles. The van der Waals surface area contributed by atoms with Gasteiger partial charge in [-0.3, -0.25) is 10.1 Å². The van der Waals surface area contributed by atoms with Crippen molar-refractivity contribution in [1.82, 2.24) is 0 Å². The summed E-state index contributed by atoms with van der Waals surface area (Å²) < 4.78 is 0.730. The minimum Gasteiger partial charge on any atom is -0.374 e. The lowest BCUT2D eigenvalue weighted by Gasteiger charge is -2.35. The van der Waals surface area contributed by atoms with Gasteiger partial charge in [-0.05, 0) is 31.9 Å². The lowest BCUT2D eigenvalue weighted by Crippen LogP contribution is -2.36. The van der Waals surface area contributed by atoms with E-state index in [9.17, 15) is 10.1 Å². The fraction of sp³-hybridized carbons (Fsp3) is 0.538. The molecule has 0 spiro atoms. The van der Waals surface area contributed by atoms with Crippen molar-refractivity contribution in [3.8, 4) is 0 Å². The summed E-state index contributed by atoms with van der Waals surface area (Å²) in [6.45, 7) is 2.15. The van der Waals surface area contributed by atoms with Crippen molar-refractivity contribution in [3.63, 3.8) is 0 Å². The van der Waals surface area contributed by atoms with Crippen LogP contribution in [0.1, 0.15) is 39.0 Å². The molecule has 98 valence electrons. The molecular weight excluding hydrogens is 296 g/mol. The molecule has 0 bridgehead atoms. The van der Waals surface area contributed by atoms with Gasteiger partial charge in [0.25, 0.3) is 5.69 Å². The number of rotatable bonds is 3. The molecule has 1 aromatic carbocycles. The van der Waals surface area contributed by atoms with Crippen molar-refractivity contribution in [2.45, 2.75) is 44.6 Å². The monoisotopic (exact) mass is 312 g/mol. The molecule has 0 unspecified atom stereocenters. The Bertz CT molecular complexity index is 456. The Labute approximate surface area is 115 Å². The Balaban J connectivity index is 2.25. The summed E-state index contributed by atoms with van der Waals surface area (Å²) >= 11 is 3.27. The number of halogens is 1. The molecule has 0 aliphatic heterocycles. The summed E-state index contributed by atoms with van der Waals surface area (Å²) in [5.74, 6) is 0. The first-order valence-corrected chi connectivity index (χ1v) is 7.02. The normalized spacial score (nSPS) is 18.3. The van der Waals surface area contributed by atoms with Crippen molar-refractivity contribution >= 4 is 27.3 Å². The molecular formula is C13H17BrN2O2. The Morgan fingerprint density at radius 2 is 2.00 bits per heavy atom. The highest BCUT2D eigenvalue weighted by Gasteiger charge is 2.28. The highest BCUT2D eigenvalue weighted by atomic mass is 79.9. The molecule has 18 heavy (non-hydrogen) atoms. The van der Waals surface area contributed by atoms with Gasteiger partial charge in [0.05, 0.1) is 4.92 Å². The standard InChI is InChI=1S/C13H17BrN2O2/c1-13(7-3-2-4-8-13)15-11-6-5-10(14)9-12(11)16(17)18/h5-6,9,15H,2-4,7-8H2,1H3. The Morgan fingerprint density at radius 3 is 2.61 bits per heavy atom. The van der Waals surface area contributed by atoms with Gasteiger partial charge in [-0.15, -0.1) is 0 Å². The van der Waals surface area contributed by atoms with E-state index in [1.54, 1.807) is 12.1 Å². The maximum absolute atomic E-state index is 11.1. The van der Waals surface area contributed by atoms with Crippen LogP contribution in [0.25, 0.3) is 0 Å². The third-order valence-electron chi connectivity index (χ3n) is 3.55. The molecule has 1 aromatic rings. The maximum atomic E-state index is 11.1. The minimum absolute atomic E-state index is 0.0170. The minimum atomic E-state index is -0.334. The fourth-order valence-corrected chi connectivity index (χ4v) is 2.89. The van der Waals surface area contributed by atoms with Crippen LogP contribution in [0.3, 0.4) is 0 Å². The number of hydrogen-bond acceptors (Lipinski definition) is 3. The molecule has 0 amide bonds. The summed E-state index contributed by atoms with van der Waals surface area (Å²) in [5, 5.41) is 14.4. The summed E-state index contributed by atoms with van der Waals surface area (Å²) in [7, 11) is 0. The molecule has 1 aliphatic carbocycles. The number of nitrogens with zero attached hydrogens (tertiary/aromatic N) is 1. The second-order valence-electron chi connectivity index (χ2n) is 5.16. The second-order valence-corrected chi connectivity index (χ2v) is 6.08. The van der Waals surface area contributed by atoms with Gasteiger partial charge in [0.2, 0.25) is 0 Å². The molecule has 1 aliphatic rings. The van der Waals surface area contributed by atoms with Gasteiger partial charge in [0, 0.05) is 16.1 Å².